The normalized spacial score (nSPS) is 12.1. The summed E-state index contributed by atoms with van der Waals surface area (Å²) in [6.45, 7) is 12.8. The largest absolute Gasteiger partial charge is 0.258 e. The van der Waals surface area contributed by atoms with Gasteiger partial charge in [-0.15, -0.1) is 0 Å². The summed E-state index contributed by atoms with van der Waals surface area (Å²) in [5.41, 5.74) is 6.56. The lowest BCUT2D eigenvalue weighted by atomic mass is 9.85. The predicted octanol–water partition coefficient (Wildman–Crippen LogP) is 6.07. The maximum atomic E-state index is 4.82. The number of fused-ring (bicyclic) bond motifs is 3. The molecule has 0 unspecified atom stereocenters. The van der Waals surface area contributed by atoms with Crippen molar-refractivity contribution in [2.45, 2.75) is 47.0 Å². The van der Waals surface area contributed by atoms with Crippen molar-refractivity contribution in [1.29, 1.82) is 0 Å². The first-order valence-electron chi connectivity index (χ1n) is 9.40. The van der Waals surface area contributed by atoms with Crippen molar-refractivity contribution >= 4 is 21.7 Å². The zero-order valence-corrected chi connectivity index (χ0v) is 16.9. The van der Waals surface area contributed by atoms with Crippen LogP contribution in [-0.4, -0.2) is 15.0 Å². The fourth-order valence-corrected chi connectivity index (χ4v) is 3.75. The van der Waals surface area contributed by atoms with Crippen LogP contribution in [0.15, 0.2) is 42.5 Å². The molecule has 0 radical (unpaired) electrons. The third-order valence-corrected chi connectivity index (χ3v) is 5.08. The molecule has 4 aromatic rings. The van der Waals surface area contributed by atoms with Gasteiger partial charge in [-0.3, -0.25) is 4.98 Å². The first kappa shape index (κ1) is 17.6. The Balaban J connectivity index is 2.07. The summed E-state index contributed by atoms with van der Waals surface area (Å²) >= 11 is 0. The number of hydrogen-bond acceptors (Lipinski definition) is 3. The van der Waals surface area contributed by atoms with Gasteiger partial charge >= 0.3 is 0 Å². The minimum absolute atomic E-state index is 0.0959. The van der Waals surface area contributed by atoms with Crippen LogP contribution in [0.1, 0.15) is 43.5 Å². The van der Waals surface area contributed by atoms with E-state index in [0.717, 1.165) is 44.8 Å². The fourth-order valence-electron chi connectivity index (χ4n) is 3.75. The van der Waals surface area contributed by atoms with Crippen molar-refractivity contribution in [3.05, 3.63) is 65.2 Å². The minimum Gasteiger partial charge on any atom is -0.258 e. The first-order valence-corrected chi connectivity index (χ1v) is 9.40. The first-order chi connectivity index (χ1) is 12.7. The Bertz CT molecular complexity index is 1180. The van der Waals surface area contributed by atoms with Crippen molar-refractivity contribution in [3.63, 3.8) is 0 Å². The molecule has 3 nitrogen and oxygen atoms in total. The van der Waals surface area contributed by atoms with E-state index in [1.807, 2.05) is 13.8 Å². The van der Waals surface area contributed by atoms with Gasteiger partial charge in [0.05, 0.1) is 11.2 Å². The Morgan fingerprint density at radius 2 is 1.59 bits per heavy atom. The van der Waals surface area contributed by atoms with E-state index in [4.69, 9.17) is 9.97 Å². The zero-order chi connectivity index (χ0) is 19.3. The van der Waals surface area contributed by atoms with Gasteiger partial charge in [-0.05, 0) is 55.3 Å². The third kappa shape index (κ3) is 3.08. The van der Waals surface area contributed by atoms with Gasteiger partial charge in [0.25, 0.3) is 0 Å². The highest BCUT2D eigenvalue weighted by Gasteiger charge is 2.17. The molecule has 0 aliphatic heterocycles. The van der Waals surface area contributed by atoms with Gasteiger partial charge in [-0.25, -0.2) is 9.97 Å². The van der Waals surface area contributed by atoms with Crippen LogP contribution in [0.2, 0.25) is 0 Å². The number of pyridine rings is 1. The smallest absolute Gasteiger partial charge is 0.126 e. The molecule has 4 rings (SSSR count). The summed E-state index contributed by atoms with van der Waals surface area (Å²) in [6, 6.07) is 15.1. The van der Waals surface area contributed by atoms with E-state index in [9.17, 15) is 0 Å². The number of aryl methyl sites for hydroxylation is 3. The monoisotopic (exact) mass is 355 g/mol. The topological polar surface area (TPSA) is 38.7 Å². The van der Waals surface area contributed by atoms with Crippen LogP contribution in [-0.2, 0) is 5.41 Å². The average Bonchev–Trinajstić information content (AvgIpc) is 2.59. The van der Waals surface area contributed by atoms with Crippen molar-refractivity contribution < 1.29 is 0 Å². The lowest BCUT2D eigenvalue weighted by Gasteiger charge is -2.20. The second-order valence-corrected chi connectivity index (χ2v) is 8.36. The maximum Gasteiger partial charge on any atom is 0.126 e. The molecule has 2 heterocycles. The molecular weight excluding hydrogens is 330 g/mol. The highest BCUT2D eigenvalue weighted by Crippen LogP contribution is 2.34. The van der Waals surface area contributed by atoms with Gasteiger partial charge in [0.2, 0.25) is 0 Å². The summed E-state index contributed by atoms with van der Waals surface area (Å²) < 4.78 is 0. The second-order valence-electron chi connectivity index (χ2n) is 8.36. The molecule has 0 fully saturated rings. The van der Waals surface area contributed by atoms with E-state index in [0.29, 0.717) is 0 Å². The Kier molecular flexibility index (Phi) is 3.99. The number of nitrogens with zero attached hydrogens (tertiary/aromatic N) is 3. The molecule has 0 N–H and O–H groups in total. The summed E-state index contributed by atoms with van der Waals surface area (Å²) in [5.74, 6) is 0.783. The van der Waals surface area contributed by atoms with Gasteiger partial charge in [0.15, 0.2) is 0 Å². The van der Waals surface area contributed by atoms with Crippen molar-refractivity contribution in [1.82, 2.24) is 15.0 Å². The summed E-state index contributed by atoms with van der Waals surface area (Å²) in [4.78, 5) is 14.3. The molecule has 0 amide bonds. The fraction of sp³-hybridized carbons (Fsp3) is 0.292. The Morgan fingerprint density at radius 3 is 2.33 bits per heavy atom. The van der Waals surface area contributed by atoms with Gasteiger partial charge in [0, 0.05) is 27.7 Å². The summed E-state index contributed by atoms with van der Waals surface area (Å²) in [7, 11) is 0. The minimum atomic E-state index is 0.0959. The van der Waals surface area contributed by atoms with Crippen LogP contribution in [0.5, 0.6) is 0 Å². The molecule has 2 aromatic heterocycles. The van der Waals surface area contributed by atoms with Gasteiger partial charge in [0.1, 0.15) is 5.82 Å². The van der Waals surface area contributed by atoms with Crippen LogP contribution in [0.25, 0.3) is 32.9 Å². The molecule has 2 aromatic carbocycles. The molecular formula is C24H25N3. The molecule has 136 valence electrons. The molecule has 0 spiro atoms. The van der Waals surface area contributed by atoms with Crippen molar-refractivity contribution in [2.24, 2.45) is 0 Å². The lowest BCUT2D eigenvalue weighted by molar-refractivity contribution is 0.590. The zero-order valence-electron chi connectivity index (χ0n) is 16.9. The third-order valence-electron chi connectivity index (χ3n) is 5.08. The van der Waals surface area contributed by atoms with E-state index >= 15 is 0 Å². The van der Waals surface area contributed by atoms with E-state index in [-0.39, 0.29) is 5.41 Å². The molecule has 0 aliphatic carbocycles. The quantitative estimate of drug-likeness (QED) is 0.389. The van der Waals surface area contributed by atoms with Gasteiger partial charge in [-0.1, -0.05) is 45.0 Å². The van der Waals surface area contributed by atoms with Gasteiger partial charge < -0.3 is 0 Å². The summed E-state index contributed by atoms with van der Waals surface area (Å²) in [6.07, 6.45) is 0. The predicted molar refractivity (Wildman–Crippen MR) is 113 cm³/mol. The van der Waals surface area contributed by atoms with Crippen LogP contribution in [0, 0.1) is 20.8 Å². The molecule has 0 saturated heterocycles. The lowest BCUT2D eigenvalue weighted by Crippen LogP contribution is -2.10. The van der Waals surface area contributed by atoms with Crippen LogP contribution in [0.4, 0.5) is 0 Å². The standard InChI is InChI=1S/C24H25N3/c1-14-12-17-10-11-20-22(18-8-7-9-19(13-18)24(4,5)6)26-16(3)27-23(20)21(17)15(2)25-14/h7-13H,1-6H3. The van der Waals surface area contributed by atoms with Crippen LogP contribution < -0.4 is 0 Å². The number of rotatable bonds is 1. The van der Waals surface area contributed by atoms with Crippen molar-refractivity contribution in [3.8, 4) is 11.3 Å². The summed E-state index contributed by atoms with van der Waals surface area (Å²) in [5, 5.41) is 3.38. The van der Waals surface area contributed by atoms with Crippen LogP contribution >= 0.6 is 0 Å². The van der Waals surface area contributed by atoms with E-state index in [1.165, 1.54) is 10.9 Å². The van der Waals surface area contributed by atoms with Crippen molar-refractivity contribution in [2.75, 3.05) is 0 Å². The van der Waals surface area contributed by atoms with E-state index in [1.54, 1.807) is 0 Å². The maximum absolute atomic E-state index is 4.82. The Hall–Kier alpha value is -2.81. The van der Waals surface area contributed by atoms with E-state index in [2.05, 4.69) is 75.1 Å². The molecule has 0 aliphatic rings. The highest BCUT2D eigenvalue weighted by atomic mass is 14.9. The highest BCUT2D eigenvalue weighted by molar-refractivity contribution is 6.10. The molecule has 27 heavy (non-hydrogen) atoms. The molecule has 0 bridgehead atoms. The van der Waals surface area contributed by atoms with E-state index < -0.39 is 0 Å². The molecule has 0 saturated carbocycles. The van der Waals surface area contributed by atoms with Gasteiger partial charge in [-0.2, -0.15) is 0 Å². The SMILES string of the molecule is Cc1cc2ccc3c(-c4cccc(C(C)(C)C)c4)nc(C)nc3c2c(C)n1. The average molecular weight is 355 g/mol. The Morgan fingerprint density at radius 1 is 0.815 bits per heavy atom. The Labute approximate surface area is 160 Å². The molecule has 0 atom stereocenters. The van der Waals surface area contributed by atoms with Crippen LogP contribution in [0.3, 0.4) is 0 Å². The number of benzene rings is 2. The molecule has 3 heteroatoms. The number of aromatic nitrogens is 3. The number of hydrogen-bond donors (Lipinski definition) is 0. The second kappa shape index (κ2) is 6.12.